The number of hydrogen-bond donors (Lipinski definition) is 1. The molecule has 1 unspecified atom stereocenters. The van der Waals surface area contributed by atoms with Crippen molar-refractivity contribution in [1.82, 2.24) is 10.2 Å². The molecular formula is C13H25ClN2O2. The van der Waals surface area contributed by atoms with Gasteiger partial charge in [0.2, 0.25) is 5.91 Å². The molecule has 0 aliphatic heterocycles. The predicted molar refractivity (Wildman–Crippen MR) is 74.0 cm³/mol. The van der Waals surface area contributed by atoms with Crippen LogP contribution in [0.1, 0.15) is 32.6 Å². The van der Waals surface area contributed by atoms with E-state index in [1.165, 1.54) is 25.7 Å². The van der Waals surface area contributed by atoms with E-state index in [0.717, 1.165) is 12.5 Å². The Balaban J connectivity index is 0.00000162. The van der Waals surface area contributed by atoms with Crippen LogP contribution in [0.4, 0.5) is 0 Å². The summed E-state index contributed by atoms with van der Waals surface area (Å²) in [6.07, 6.45) is 4.99. The Morgan fingerprint density at radius 3 is 2.56 bits per heavy atom. The molecule has 0 spiro atoms. The van der Waals surface area contributed by atoms with Gasteiger partial charge in [0.05, 0.1) is 13.2 Å². The van der Waals surface area contributed by atoms with Gasteiger partial charge in [0, 0.05) is 25.7 Å². The van der Waals surface area contributed by atoms with Gasteiger partial charge in [-0.3, -0.25) is 4.79 Å². The number of halogens is 1. The lowest BCUT2D eigenvalue weighted by Gasteiger charge is -2.29. The summed E-state index contributed by atoms with van der Waals surface area (Å²) < 4.78 is 4.95. The van der Waals surface area contributed by atoms with Gasteiger partial charge in [-0.15, -0.1) is 12.4 Å². The standard InChI is InChI=1S/C13H24N2O2.ClH/c1-10(11-3-4-11)15(12-5-6-12)13(16)9-14-7-8-17-2;/h10-12,14H,3-9H2,1-2H3;1H. The lowest BCUT2D eigenvalue weighted by Crippen LogP contribution is -2.46. The van der Waals surface area contributed by atoms with E-state index in [9.17, 15) is 4.79 Å². The third-order valence-electron chi connectivity index (χ3n) is 3.73. The van der Waals surface area contributed by atoms with Crippen molar-refractivity contribution in [3.63, 3.8) is 0 Å². The Morgan fingerprint density at radius 2 is 2.06 bits per heavy atom. The second-order valence-corrected chi connectivity index (χ2v) is 5.28. The van der Waals surface area contributed by atoms with Crippen molar-refractivity contribution in [2.45, 2.75) is 44.7 Å². The van der Waals surface area contributed by atoms with E-state index in [1.807, 2.05) is 0 Å². The first-order chi connectivity index (χ1) is 8.24. The van der Waals surface area contributed by atoms with Crippen molar-refractivity contribution in [3.05, 3.63) is 0 Å². The molecule has 0 saturated heterocycles. The highest BCUT2D eigenvalue weighted by Crippen LogP contribution is 2.39. The van der Waals surface area contributed by atoms with Gasteiger partial charge in [-0.05, 0) is 38.5 Å². The van der Waals surface area contributed by atoms with Gasteiger partial charge in [-0.2, -0.15) is 0 Å². The molecule has 106 valence electrons. The van der Waals surface area contributed by atoms with Crippen LogP contribution in [-0.4, -0.2) is 49.7 Å². The average Bonchev–Trinajstić information content (AvgIpc) is 3.17. The number of methoxy groups -OCH3 is 1. The molecule has 5 heteroatoms. The summed E-state index contributed by atoms with van der Waals surface area (Å²) in [5, 5.41) is 3.15. The van der Waals surface area contributed by atoms with E-state index >= 15 is 0 Å². The van der Waals surface area contributed by atoms with E-state index in [-0.39, 0.29) is 18.3 Å². The van der Waals surface area contributed by atoms with Crippen LogP contribution in [0.2, 0.25) is 0 Å². The second kappa shape index (κ2) is 7.31. The zero-order valence-electron chi connectivity index (χ0n) is 11.4. The summed E-state index contributed by atoms with van der Waals surface area (Å²) in [7, 11) is 1.68. The lowest BCUT2D eigenvalue weighted by molar-refractivity contribution is -0.133. The smallest absolute Gasteiger partial charge is 0.237 e. The van der Waals surface area contributed by atoms with Crippen molar-refractivity contribution >= 4 is 18.3 Å². The minimum absolute atomic E-state index is 0. The molecule has 2 aliphatic carbocycles. The van der Waals surface area contributed by atoms with Crippen LogP contribution in [0.5, 0.6) is 0 Å². The Hall–Kier alpha value is -0.320. The molecule has 0 aromatic heterocycles. The van der Waals surface area contributed by atoms with Crippen LogP contribution in [0.15, 0.2) is 0 Å². The van der Waals surface area contributed by atoms with Gasteiger partial charge in [0.15, 0.2) is 0 Å². The highest BCUT2D eigenvalue weighted by molar-refractivity contribution is 5.85. The molecule has 2 rings (SSSR count). The molecule has 2 fully saturated rings. The fourth-order valence-electron chi connectivity index (χ4n) is 2.38. The van der Waals surface area contributed by atoms with Crippen LogP contribution >= 0.6 is 12.4 Å². The number of nitrogens with one attached hydrogen (secondary N) is 1. The summed E-state index contributed by atoms with van der Waals surface area (Å²) in [5.41, 5.74) is 0. The number of carbonyl (C=O) groups is 1. The van der Waals surface area contributed by atoms with E-state index in [2.05, 4.69) is 17.1 Å². The number of amides is 1. The fraction of sp³-hybridized carbons (Fsp3) is 0.923. The van der Waals surface area contributed by atoms with Crippen LogP contribution < -0.4 is 5.32 Å². The number of nitrogens with zero attached hydrogens (tertiary/aromatic N) is 1. The summed E-state index contributed by atoms with van der Waals surface area (Å²) in [5.74, 6) is 1.03. The molecule has 1 N–H and O–H groups in total. The average molecular weight is 277 g/mol. The van der Waals surface area contributed by atoms with Gasteiger partial charge in [-0.1, -0.05) is 0 Å². The van der Waals surface area contributed by atoms with E-state index in [1.54, 1.807) is 7.11 Å². The Bertz CT molecular complexity index is 268. The Labute approximate surface area is 116 Å². The molecule has 2 saturated carbocycles. The predicted octanol–water partition coefficient (Wildman–Crippen LogP) is 1.43. The van der Waals surface area contributed by atoms with Crippen LogP contribution in [0.25, 0.3) is 0 Å². The van der Waals surface area contributed by atoms with Gasteiger partial charge in [0.25, 0.3) is 0 Å². The number of hydrogen-bond acceptors (Lipinski definition) is 3. The minimum Gasteiger partial charge on any atom is -0.383 e. The zero-order chi connectivity index (χ0) is 12.3. The largest absolute Gasteiger partial charge is 0.383 e. The SMILES string of the molecule is COCCNCC(=O)N(C1CC1)C(C)C1CC1.Cl. The van der Waals surface area contributed by atoms with Crippen molar-refractivity contribution in [2.24, 2.45) is 5.92 Å². The summed E-state index contributed by atoms with van der Waals surface area (Å²) in [6, 6.07) is 0.974. The second-order valence-electron chi connectivity index (χ2n) is 5.28. The topological polar surface area (TPSA) is 41.6 Å². The normalized spacial score (nSPS) is 20.1. The molecule has 0 radical (unpaired) electrons. The van der Waals surface area contributed by atoms with Crippen LogP contribution in [-0.2, 0) is 9.53 Å². The minimum atomic E-state index is 0. The molecule has 18 heavy (non-hydrogen) atoms. The highest BCUT2D eigenvalue weighted by Gasteiger charge is 2.41. The highest BCUT2D eigenvalue weighted by atomic mass is 35.5. The number of carbonyl (C=O) groups excluding carboxylic acids is 1. The van der Waals surface area contributed by atoms with Gasteiger partial charge >= 0.3 is 0 Å². The summed E-state index contributed by atoms with van der Waals surface area (Å²) in [6.45, 7) is 4.08. The first kappa shape index (κ1) is 15.7. The third-order valence-corrected chi connectivity index (χ3v) is 3.73. The summed E-state index contributed by atoms with van der Waals surface area (Å²) >= 11 is 0. The third kappa shape index (κ3) is 4.41. The van der Waals surface area contributed by atoms with Gasteiger partial charge in [0.1, 0.15) is 0 Å². The van der Waals surface area contributed by atoms with Crippen molar-refractivity contribution in [3.8, 4) is 0 Å². The van der Waals surface area contributed by atoms with E-state index in [4.69, 9.17) is 4.74 Å². The molecule has 1 atom stereocenters. The maximum atomic E-state index is 12.2. The van der Waals surface area contributed by atoms with Gasteiger partial charge in [-0.25, -0.2) is 0 Å². The molecule has 2 aliphatic rings. The molecule has 0 bridgehead atoms. The van der Waals surface area contributed by atoms with E-state index in [0.29, 0.717) is 25.2 Å². The first-order valence-corrected chi connectivity index (χ1v) is 6.75. The monoisotopic (exact) mass is 276 g/mol. The zero-order valence-corrected chi connectivity index (χ0v) is 12.2. The number of ether oxygens (including phenoxy) is 1. The quantitative estimate of drug-likeness (QED) is 0.682. The number of rotatable bonds is 8. The summed E-state index contributed by atoms with van der Waals surface area (Å²) in [4.78, 5) is 14.3. The van der Waals surface area contributed by atoms with Crippen molar-refractivity contribution < 1.29 is 9.53 Å². The van der Waals surface area contributed by atoms with Crippen LogP contribution in [0.3, 0.4) is 0 Å². The molecule has 0 heterocycles. The lowest BCUT2D eigenvalue weighted by atomic mass is 10.1. The van der Waals surface area contributed by atoms with Crippen molar-refractivity contribution in [2.75, 3.05) is 26.8 Å². The van der Waals surface area contributed by atoms with Gasteiger partial charge < -0.3 is 15.0 Å². The molecule has 0 aromatic rings. The Kier molecular flexibility index (Phi) is 6.39. The maximum absolute atomic E-state index is 12.2. The van der Waals surface area contributed by atoms with E-state index < -0.39 is 0 Å². The van der Waals surface area contributed by atoms with Crippen LogP contribution in [0, 0.1) is 5.92 Å². The Morgan fingerprint density at radius 1 is 1.39 bits per heavy atom. The van der Waals surface area contributed by atoms with Crippen molar-refractivity contribution in [1.29, 1.82) is 0 Å². The fourth-order valence-corrected chi connectivity index (χ4v) is 2.38. The molecular weight excluding hydrogens is 252 g/mol. The maximum Gasteiger partial charge on any atom is 0.237 e. The molecule has 1 amide bonds. The first-order valence-electron chi connectivity index (χ1n) is 6.75. The molecule has 0 aromatic carbocycles. The molecule has 4 nitrogen and oxygen atoms in total.